The van der Waals surface area contributed by atoms with Gasteiger partial charge in [-0.2, -0.15) is 0 Å². The molecule has 45 heavy (non-hydrogen) atoms. The van der Waals surface area contributed by atoms with E-state index in [0.717, 1.165) is 33.0 Å². The monoisotopic (exact) mass is 679 g/mol. The molecule has 0 radical (unpaired) electrons. The van der Waals surface area contributed by atoms with Gasteiger partial charge >= 0.3 is 251 Å². The van der Waals surface area contributed by atoms with Crippen molar-refractivity contribution in [3.05, 3.63) is 91.0 Å². The van der Waals surface area contributed by atoms with Gasteiger partial charge in [0, 0.05) is 0 Å². The van der Waals surface area contributed by atoms with Crippen molar-refractivity contribution in [2.24, 2.45) is 17.9 Å². The summed E-state index contributed by atoms with van der Waals surface area (Å²) in [6.07, 6.45) is 0. The topological polar surface area (TPSA) is 213 Å². The Hall–Kier alpha value is -5.30. The average molecular weight is 679 g/mol. The molecule has 0 saturated heterocycles. The summed E-state index contributed by atoms with van der Waals surface area (Å²) in [6, 6.07) is 29.1. The molecule has 0 aliphatic carbocycles. The number of nitrogens with zero attached hydrogens (tertiary/aromatic N) is 6. The number of H-pyrrole nitrogens is 2. The molecule has 9 rings (SSSR count). The zero-order valence-corrected chi connectivity index (χ0v) is 25.2. The molecular formula is C32H25N12Ru. The van der Waals surface area contributed by atoms with Crippen molar-refractivity contribution in [2.75, 3.05) is 0 Å². The summed E-state index contributed by atoms with van der Waals surface area (Å²) in [6.45, 7) is 0. The fourth-order valence-electron chi connectivity index (χ4n) is 5.98. The molecule has 4 aromatic carbocycles. The number of nitrogens with one attached hydrogen (secondary N) is 2. The van der Waals surface area contributed by atoms with E-state index < -0.39 is 14.6 Å². The van der Waals surface area contributed by atoms with E-state index in [1.165, 1.54) is 0 Å². The predicted molar refractivity (Wildman–Crippen MR) is 172 cm³/mol. The number of nitrogens with two attached hydrogens (primary N) is 4. The molecule has 0 unspecified atom stereocenters. The first-order chi connectivity index (χ1) is 21.7. The summed E-state index contributed by atoms with van der Waals surface area (Å²) < 4.78 is 26.3. The summed E-state index contributed by atoms with van der Waals surface area (Å²) in [4.78, 5) is 36.7. The van der Waals surface area contributed by atoms with Crippen LogP contribution in [0.5, 0.6) is 0 Å². The first-order valence-electron chi connectivity index (χ1n) is 13.9. The van der Waals surface area contributed by atoms with E-state index in [-0.39, 0.29) is 0 Å². The molecule has 0 saturated carbocycles. The molecule has 0 amide bonds. The Morgan fingerprint density at radius 1 is 0.400 bits per heavy atom. The second kappa shape index (κ2) is 8.88. The number of aromatic nitrogens is 8. The van der Waals surface area contributed by atoms with Crippen LogP contribution in [-0.2, 0) is 14.6 Å². The van der Waals surface area contributed by atoms with E-state index in [1.54, 1.807) is 6.07 Å². The molecule has 3 aromatic heterocycles. The molecule has 8 bridgehead atoms. The Kier molecular flexibility index (Phi) is 5.16. The first-order valence-corrected chi connectivity index (χ1v) is 18.8. The van der Waals surface area contributed by atoms with Gasteiger partial charge in [0.1, 0.15) is 0 Å². The van der Waals surface area contributed by atoms with E-state index >= 15 is 0 Å². The molecule has 12 nitrogen and oxygen atoms in total. The van der Waals surface area contributed by atoms with E-state index in [9.17, 15) is 0 Å². The first kappa shape index (κ1) is 26.1. The van der Waals surface area contributed by atoms with E-state index in [2.05, 4.69) is 9.97 Å². The van der Waals surface area contributed by atoms with Gasteiger partial charge in [-0.15, -0.1) is 0 Å². The Morgan fingerprint density at radius 2 is 0.778 bits per heavy atom. The van der Waals surface area contributed by atoms with Gasteiger partial charge < -0.3 is 0 Å². The van der Waals surface area contributed by atoms with Crippen molar-refractivity contribution in [2.45, 2.75) is 0 Å². The molecule has 10 N–H and O–H groups in total. The number of aromatic amines is 2. The molecule has 5 heterocycles. The Labute approximate surface area is 256 Å². The standard InChI is InChI=1S/C32H17N8.4H2N.Ru/c1-2-10-18-17(9-1)25-33-26(18)38-28-21-13-5-6-14-22(21)30(35-28)40-32-24-16-8-7-15-23(24)31(36-32)39-29-20-12-4-3-11-19(20)27(34-29)37-25;;;;;/h1-15H,(H2,33,34,35,36,37,38,39,40);4*1H2;/q;4*-1;+4. The Balaban J connectivity index is 1.52. The summed E-state index contributed by atoms with van der Waals surface area (Å²) >= 11 is -4.86. The predicted octanol–water partition coefficient (Wildman–Crippen LogP) is 3.68. The van der Waals surface area contributed by atoms with Crippen molar-refractivity contribution < 1.29 is 14.6 Å². The van der Waals surface area contributed by atoms with Crippen LogP contribution in [0.25, 0.3) is 89.7 Å². The van der Waals surface area contributed by atoms with Crippen molar-refractivity contribution in [3.63, 3.8) is 0 Å². The van der Waals surface area contributed by atoms with Gasteiger partial charge in [-0.1, -0.05) is 6.07 Å². The average Bonchev–Trinajstić information content (AvgIpc) is 3.76. The second-order valence-corrected chi connectivity index (χ2v) is 17.4. The Morgan fingerprint density at radius 3 is 1.24 bits per heavy atom. The maximum absolute atomic E-state index is 6.46. The van der Waals surface area contributed by atoms with E-state index in [1.807, 2.05) is 84.9 Å². The molecule has 0 fully saturated rings. The number of hydrogen-bond donors (Lipinski definition) is 6. The van der Waals surface area contributed by atoms with Crippen LogP contribution in [0, 0.1) is 0 Å². The third-order valence-electron chi connectivity index (χ3n) is 7.96. The molecule has 7 aromatic rings. The maximum atomic E-state index is 6.46. The summed E-state index contributed by atoms with van der Waals surface area (Å²) in [5, 5.41) is 3.10. The Bertz CT molecular complexity index is 2560. The van der Waals surface area contributed by atoms with E-state index in [0.29, 0.717) is 60.8 Å². The zero-order valence-electron chi connectivity index (χ0n) is 23.5. The van der Waals surface area contributed by atoms with Crippen molar-refractivity contribution in [1.29, 1.82) is 0 Å². The van der Waals surface area contributed by atoms with Gasteiger partial charge in [0.25, 0.3) is 0 Å². The third kappa shape index (κ3) is 4.03. The molecule has 221 valence electrons. The summed E-state index contributed by atoms with van der Waals surface area (Å²) in [5.41, 5.74) is 5.52. The van der Waals surface area contributed by atoms with Crippen LogP contribution in [0.2, 0.25) is 0 Å². The fourth-order valence-corrected chi connectivity index (χ4v) is 8.26. The van der Waals surface area contributed by atoms with Gasteiger partial charge in [-0.3, -0.25) is 0 Å². The quantitative estimate of drug-likeness (QED) is 0.139. The minimum atomic E-state index is -4.86. The normalized spacial score (nSPS) is 13.4. The van der Waals surface area contributed by atoms with Crippen LogP contribution in [-0.4, -0.2) is 39.9 Å². The number of benzene rings is 4. The van der Waals surface area contributed by atoms with Crippen molar-refractivity contribution in [3.8, 4) is 45.6 Å². The SMILES string of the molecule is [NH2][Ru]([NH2])([NH2])([NH2])[c]1cccc2c3nc4nc(nc5[nH]c(nc6nc(nc([nH]3)c12)-c1ccccc1-6)c1ccccc51)-c1ccccc1-4. The van der Waals surface area contributed by atoms with Crippen LogP contribution in [0.1, 0.15) is 0 Å². The zero-order chi connectivity index (χ0) is 30.5. The number of hydrogen-bond acceptors (Lipinski definition) is 10. The van der Waals surface area contributed by atoms with Crippen molar-refractivity contribution in [1.82, 2.24) is 39.9 Å². The van der Waals surface area contributed by atoms with Crippen molar-refractivity contribution >= 4 is 48.3 Å². The van der Waals surface area contributed by atoms with Crippen LogP contribution in [0.3, 0.4) is 0 Å². The second-order valence-electron chi connectivity index (χ2n) is 11.0. The number of rotatable bonds is 1. The van der Waals surface area contributed by atoms with Gasteiger partial charge in [0.2, 0.25) is 0 Å². The molecule has 0 spiro atoms. The molecule has 2 aliphatic heterocycles. The molecule has 2 aliphatic rings. The van der Waals surface area contributed by atoms with Gasteiger partial charge in [0.15, 0.2) is 0 Å². The van der Waals surface area contributed by atoms with Gasteiger partial charge in [-0.25, -0.2) is 0 Å². The summed E-state index contributed by atoms with van der Waals surface area (Å²) in [5.74, 6) is 1.97. The van der Waals surface area contributed by atoms with Crippen LogP contribution >= 0.6 is 0 Å². The fraction of sp³-hybridized carbons (Fsp3) is 0. The molecule has 0 atom stereocenters. The minimum absolute atomic E-state index is 0.424. The third-order valence-corrected chi connectivity index (χ3v) is 10.8. The van der Waals surface area contributed by atoms with Crippen LogP contribution in [0.15, 0.2) is 91.0 Å². The van der Waals surface area contributed by atoms with Crippen LogP contribution < -0.4 is 22.1 Å². The number of fused-ring (bicyclic) bond motifs is 20. The van der Waals surface area contributed by atoms with E-state index in [4.69, 9.17) is 47.8 Å². The van der Waals surface area contributed by atoms with Gasteiger partial charge in [0.05, 0.1) is 0 Å². The summed E-state index contributed by atoms with van der Waals surface area (Å²) in [7, 11) is 0. The van der Waals surface area contributed by atoms with Crippen LogP contribution in [0.4, 0.5) is 0 Å². The van der Waals surface area contributed by atoms with Gasteiger partial charge in [-0.05, 0) is 0 Å². The molecule has 13 heteroatoms. The molecular weight excluding hydrogens is 654 g/mol.